The first-order valence-electron chi connectivity index (χ1n) is 19.2. The van der Waals surface area contributed by atoms with Gasteiger partial charge < -0.3 is 15.0 Å². The first kappa shape index (κ1) is 43.9. The second-order valence-electron chi connectivity index (χ2n) is 16.0. The van der Waals surface area contributed by atoms with E-state index in [2.05, 4.69) is 34.4 Å². The maximum absolute atomic E-state index is 13.7. The fraction of sp³-hybridized carbons (Fsp3) is 0.575. The highest BCUT2D eigenvalue weighted by atomic mass is 35.5. The van der Waals surface area contributed by atoms with Crippen molar-refractivity contribution < 1.29 is 37.1 Å². The summed E-state index contributed by atoms with van der Waals surface area (Å²) < 4.78 is 47.5. The van der Waals surface area contributed by atoms with Crippen LogP contribution in [0.4, 0.5) is 24.5 Å². The highest BCUT2D eigenvalue weighted by Crippen LogP contribution is 2.41. The van der Waals surface area contributed by atoms with Crippen molar-refractivity contribution in [3.63, 3.8) is 0 Å². The summed E-state index contributed by atoms with van der Waals surface area (Å²) in [6.45, 7) is 8.61. The normalized spacial score (nSPS) is 26.8. The van der Waals surface area contributed by atoms with Crippen LogP contribution in [0.3, 0.4) is 0 Å². The fourth-order valence-electron chi connectivity index (χ4n) is 8.87. The lowest BCUT2D eigenvalue weighted by Gasteiger charge is -2.42. The topological polar surface area (TPSA) is 148 Å². The quantitative estimate of drug-likeness (QED) is 0.202. The van der Waals surface area contributed by atoms with Gasteiger partial charge in [0.25, 0.3) is 5.91 Å². The Morgan fingerprint density at radius 1 is 1.07 bits per heavy atom. The van der Waals surface area contributed by atoms with E-state index in [1.54, 1.807) is 32.0 Å². The smallest absolute Gasteiger partial charge is 0.378 e. The maximum Gasteiger partial charge on any atom is 0.417 e. The number of nitrogens with one attached hydrogen (secondary N) is 2. The third-order valence-corrected chi connectivity index (χ3v) is 12.2. The lowest BCUT2D eigenvalue weighted by molar-refractivity contribution is -0.138. The molecule has 4 fully saturated rings. The summed E-state index contributed by atoms with van der Waals surface area (Å²) in [7, 11) is 0. The van der Waals surface area contributed by atoms with Gasteiger partial charge in [-0.05, 0) is 128 Å². The number of hydrogen-bond acceptors (Lipinski definition) is 9. The Morgan fingerprint density at radius 2 is 1.75 bits per heavy atom. The minimum atomic E-state index is -4.76. The fourth-order valence-corrected chi connectivity index (χ4v) is 9.43. The number of aromatic nitrogens is 1. The number of amides is 4. The van der Waals surface area contributed by atoms with Gasteiger partial charge in [-0.2, -0.15) is 18.4 Å². The Morgan fingerprint density at radius 3 is 2.35 bits per heavy atom. The molecule has 4 aliphatic rings. The molecule has 3 saturated heterocycles. The third-order valence-electron chi connectivity index (χ3n) is 11.8. The first-order valence-corrected chi connectivity index (χ1v) is 19.6. The molecular formula is C40H49ClF3N7O5S. The molecule has 12 nitrogen and oxygen atoms in total. The summed E-state index contributed by atoms with van der Waals surface area (Å²) in [5.74, 6) is -1.23. The van der Waals surface area contributed by atoms with Gasteiger partial charge in [-0.15, -0.1) is 12.4 Å². The SMILES string of the molecule is C[C@@H]1CC(CCO[C@H]2CC[C@H](N3C(=S)N(c4ccc(C#N)c(C(F)(F)F)c4)C(=O)C3(C)C)CC2)C[C@H](C)N1CC(=O)Nc1ccc(C2CCC(=O)NC2=O)nc1.Cl. The van der Waals surface area contributed by atoms with Crippen molar-refractivity contribution in [1.29, 1.82) is 5.26 Å². The number of likely N-dealkylation sites (tertiary alicyclic amines) is 1. The van der Waals surface area contributed by atoms with Gasteiger partial charge in [0.15, 0.2) is 5.11 Å². The molecule has 0 radical (unpaired) electrons. The number of rotatable bonds is 10. The van der Waals surface area contributed by atoms with Crippen molar-refractivity contribution in [3.05, 3.63) is 53.3 Å². The average molecular weight is 832 g/mol. The van der Waals surface area contributed by atoms with Crippen molar-refractivity contribution in [1.82, 2.24) is 20.1 Å². The monoisotopic (exact) mass is 831 g/mol. The molecule has 57 heavy (non-hydrogen) atoms. The molecule has 4 atom stereocenters. The van der Waals surface area contributed by atoms with Gasteiger partial charge in [0.1, 0.15) is 5.54 Å². The predicted octanol–water partition coefficient (Wildman–Crippen LogP) is 6.47. The van der Waals surface area contributed by atoms with Crippen molar-refractivity contribution in [3.8, 4) is 6.07 Å². The van der Waals surface area contributed by atoms with E-state index >= 15 is 0 Å². The molecule has 0 spiro atoms. The molecule has 17 heteroatoms. The first-order chi connectivity index (χ1) is 26.5. The van der Waals surface area contributed by atoms with E-state index in [9.17, 15) is 37.6 Å². The Kier molecular flexibility index (Phi) is 13.7. The number of benzene rings is 1. The van der Waals surface area contributed by atoms with Crippen LogP contribution >= 0.6 is 24.6 Å². The number of nitriles is 1. The lowest BCUT2D eigenvalue weighted by atomic mass is 9.85. The average Bonchev–Trinajstić information content (AvgIpc) is 3.32. The van der Waals surface area contributed by atoms with E-state index in [4.69, 9.17) is 17.0 Å². The molecular weight excluding hydrogens is 783 g/mol. The maximum atomic E-state index is 13.7. The van der Waals surface area contributed by atoms with E-state index in [1.807, 2.05) is 4.90 Å². The number of carbonyl (C=O) groups is 4. The molecule has 0 bridgehead atoms. The number of alkyl halides is 3. The molecule has 1 saturated carbocycles. The van der Waals surface area contributed by atoms with Crippen molar-refractivity contribution in [2.45, 2.75) is 127 Å². The molecule has 2 aromatic rings. The Balaban J connectivity index is 0.00000620. The molecule has 1 aliphatic carbocycles. The molecule has 4 amide bonds. The molecule has 3 aliphatic heterocycles. The lowest BCUT2D eigenvalue weighted by Crippen LogP contribution is -2.51. The van der Waals surface area contributed by atoms with E-state index in [0.29, 0.717) is 43.2 Å². The van der Waals surface area contributed by atoms with Gasteiger partial charge in [-0.1, -0.05) is 0 Å². The number of anilines is 2. The highest BCUT2D eigenvalue weighted by molar-refractivity contribution is 7.80. The third kappa shape index (κ3) is 9.59. The van der Waals surface area contributed by atoms with E-state index in [-0.39, 0.29) is 78.1 Å². The van der Waals surface area contributed by atoms with Crippen molar-refractivity contribution in [2.75, 3.05) is 23.4 Å². The van der Waals surface area contributed by atoms with Crippen LogP contribution in [0.2, 0.25) is 0 Å². The van der Waals surface area contributed by atoms with Gasteiger partial charge >= 0.3 is 6.18 Å². The summed E-state index contributed by atoms with van der Waals surface area (Å²) in [5, 5.41) is 14.6. The van der Waals surface area contributed by atoms with Crippen LogP contribution in [-0.2, 0) is 30.1 Å². The van der Waals surface area contributed by atoms with Crippen LogP contribution in [0.15, 0.2) is 36.5 Å². The van der Waals surface area contributed by atoms with E-state index in [0.717, 1.165) is 49.1 Å². The van der Waals surface area contributed by atoms with Crippen LogP contribution in [0, 0.1) is 17.2 Å². The number of pyridine rings is 1. The zero-order valence-electron chi connectivity index (χ0n) is 32.4. The van der Waals surface area contributed by atoms with Gasteiger partial charge in [-0.3, -0.25) is 39.3 Å². The zero-order chi connectivity index (χ0) is 40.5. The minimum Gasteiger partial charge on any atom is -0.378 e. The molecule has 6 rings (SSSR count). The van der Waals surface area contributed by atoms with Crippen molar-refractivity contribution in [2.24, 2.45) is 5.92 Å². The number of hydrogen-bond donors (Lipinski definition) is 2. The van der Waals surface area contributed by atoms with Crippen LogP contribution in [-0.4, -0.2) is 86.4 Å². The summed E-state index contributed by atoms with van der Waals surface area (Å²) in [6, 6.07) is 8.54. The molecule has 308 valence electrons. The molecule has 4 heterocycles. The molecule has 2 unspecified atom stereocenters. The zero-order valence-corrected chi connectivity index (χ0v) is 34.1. The number of halogens is 4. The van der Waals surface area contributed by atoms with Crippen LogP contribution in [0.25, 0.3) is 0 Å². The standard InChI is InChI=1S/C40H48F3N7O5S.ClH/c1-23-17-25(18-24(2)48(23)22-35(52)46-27-6-13-33(45-21-27)31-12-14-34(51)47-36(31)53)15-16-55-30-10-8-28(9-11-30)50-38(56)49(37(54)39(50,3)4)29-7-5-26(20-44)32(19-29)40(41,42)43;/h5-7,13,19,21,23-25,28,30-31H,8-12,14-18,22H2,1-4H3,(H,46,52)(H,47,51,53);1H/t23-,24+,25?,28-,30-,31?;. The second-order valence-corrected chi connectivity index (χ2v) is 16.4. The van der Waals surface area contributed by atoms with Gasteiger partial charge in [-0.25, -0.2) is 0 Å². The van der Waals surface area contributed by atoms with Crippen LogP contribution in [0.1, 0.15) is 108 Å². The molecule has 2 N–H and O–H groups in total. The Hall–Kier alpha value is -4.17. The summed E-state index contributed by atoms with van der Waals surface area (Å²) in [4.78, 5) is 59.9. The number of thiocarbonyl (C=S) groups is 1. The number of piperidine rings is 2. The largest absolute Gasteiger partial charge is 0.417 e. The van der Waals surface area contributed by atoms with E-state index in [1.165, 1.54) is 12.3 Å². The Labute approximate surface area is 342 Å². The van der Waals surface area contributed by atoms with Crippen molar-refractivity contribution >= 4 is 64.7 Å². The second kappa shape index (κ2) is 17.8. The molecule has 1 aromatic carbocycles. The predicted molar refractivity (Wildman–Crippen MR) is 212 cm³/mol. The van der Waals surface area contributed by atoms with E-state index < -0.39 is 34.7 Å². The van der Waals surface area contributed by atoms with Gasteiger partial charge in [0.2, 0.25) is 17.7 Å². The molecule has 1 aromatic heterocycles. The van der Waals surface area contributed by atoms with Crippen LogP contribution < -0.4 is 15.5 Å². The summed E-state index contributed by atoms with van der Waals surface area (Å²) in [6.07, 6.45) is 3.23. The number of carbonyl (C=O) groups excluding carboxylic acids is 4. The Bertz CT molecular complexity index is 1890. The highest BCUT2D eigenvalue weighted by Gasteiger charge is 2.52. The number of imide groups is 1. The van der Waals surface area contributed by atoms with Gasteiger partial charge in [0.05, 0.1) is 59.0 Å². The van der Waals surface area contributed by atoms with Gasteiger partial charge in [0, 0.05) is 31.2 Å². The van der Waals surface area contributed by atoms with Crippen LogP contribution in [0.5, 0.6) is 0 Å². The summed E-state index contributed by atoms with van der Waals surface area (Å²) >= 11 is 5.74. The minimum absolute atomic E-state index is 0. The number of ether oxygens (including phenoxy) is 1. The summed E-state index contributed by atoms with van der Waals surface area (Å²) in [5.41, 5.74) is -1.59. The number of nitrogens with zero attached hydrogens (tertiary/aromatic N) is 5.